The Morgan fingerprint density at radius 1 is 1.10 bits per heavy atom. The Hall–Kier alpha value is -1.20. The van der Waals surface area contributed by atoms with E-state index < -0.39 is 0 Å². The second-order valence-electron chi connectivity index (χ2n) is 4.63. The van der Waals surface area contributed by atoms with Crippen LogP contribution >= 0.6 is 31.9 Å². The first kappa shape index (κ1) is 15.2. The van der Waals surface area contributed by atoms with E-state index in [9.17, 15) is 0 Å². The lowest BCUT2D eigenvalue weighted by Gasteiger charge is -2.16. The van der Waals surface area contributed by atoms with E-state index >= 15 is 0 Å². The summed E-state index contributed by atoms with van der Waals surface area (Å²) in [6.45, 7) is 3.95. The molecule has 0 aliphatic heterocycles. The molecule has 3 N–H and O–H groups in total. The molecular formula is C15H16Br2N2O. The fourth-order valence-electron chi connectivity index (χ4n) is 1.75. The summed E-state index contributed by atoms with van der Waals surface area (Å²) in [7, 11) is 0. The molecule has 0 saturated heterocycles. The zero-order valence-corrected chi connectivity index (χ0v) is 14.5. The van der Waals surface area contributed by atoms with Gasteiger partial charge in [-0.15, -0.1) is 0 Å². The lowest BCUT2D eigenvalue weighted by atomic mass is 10.2. The molecule has 106 valence electrons. The van der Waals surface area contributed by atoms with Crippen LogP contribution in [0.5, 0.6) is 5.75 Å². The van der Waals surface area contributed by atoms with Crippen LogP contribution in [-0.2, 0) is 0 Å². The summed E-state index contributed by atoms with van der Waals surface area (Å²) in [5.74, 6) is 0.691. The summed E-state index contributed by atoms with van der Waals surface area (Å²) >= 11 is 6.97. The first-order valence-corrected chi connectivity index (χ1v) is 7.83. The van der Waals surface area contributed by atoms with Crippen LogP contribution in [0.25, 0.3) is 0 Å². The number of halogens is 2. The molecule has 0 bridgehead atoms. The Kier molecular flexibility index (Phi) is 4.94. The van der Waals surface area contributed by atoms with Crippen molar-refractivity contribution in [3.05, 3.63) is 45.3 Å². The lowest BCUT2D eigenvalue weighted by Crippen LogP contribution is -2.08. The maximum Gasteiger partial charge on any atom is 0.144 e. The Morgan fingerprint density at radius 3 is 2.55 bits per heavy atom. The Morgan fingerprint density at radius 2 is 1.85 bits per heavy atom. The number of para-hydroxylation sites is 1. The second kappa shape index (κ2) is 6.50. The predicted octanol–water partition coefficient (Wildman–Crippen LogP) is 5.32. The quantitative estimate of drug-likeness (QED) is 0.683. The lowest BCUT2D eigenvalue weighted by molar-refractivity contribution is 0.244. The van der Waals surface area contributed by atoms with Crippen LogP contribution in [0.4, 0.5) is 17.1 Å². The van der Waals surface area contributed by atoms with E-state index in [0.29, 0.717) is 11.4 Å². The number of benzene rings is 2. The van der Waals surface area contributed by atoms with Gasteiger partial charge in [-0.25, -0.2) is 0 Å². The number of ether oxygens (including phenoxy) is 1. The fraction of sp³-hybridized carbons (Fsp3) is 0.200. The molecule has 0 amide bonds. The highest BCUT2D eigenvalue weighted by Gasteiger charge is 2.09. The maximum atomic E-state index is 6.15. The van der Waals surface area contributed by atoms with Crippen molar-refractivity contribution < 1.29 is 4.74 Å². The first-order chi connectivity index (χ1) is 9.47. The molecule has 0 fully saturated rings. The number of nitrogens with one attached hydrogen (secondary N) is 1. The van der Waals surface area contributed by atoms with Gasteiger partial charge in [-0.3, -0.25) is 0 Å². The maximum absolute atomic E-state index is 6.15. The Labute approximate surface area is 135 Å². The number of anilines is 3. The molecule has 2 rings (SSSR count). The highest BCUT2D eigenvalue weighted by molar-refractivity contribution is 9.11. The van der Waals surface area contributed by atoms with Crippen LogP contribution in [0, 0.1) is 0 Å². The molecule has 0 saturated carbocycles. The molecule has 5 heteroatoms. The summed E-state index contributed by atoms with van der Waals surface area (Å²) in [6, 6.07) is 11.6. The van der Waals surface area contributed by atoms with E-state index in [0.717, 1.165) is 20.3 Å². The van der Waals surface area contributed by atoms with E-state index in [-0.39, 0.29) is 6.10 Å². The zero-order chi connectivity index (χ0) is 14.7. The van der Waals surface area contributed by atoms with Gasteiger partial charge in [0.05, 0.1) is 23.2 Å². The first-order valence-electron chi connectivity index (χ1n) is 6.24. The van der Waals surface area contributed by atoms with Gasteiger partial charge < -0.3 is 15.8 Å². The van der Waals surface area contributed by atoms with Gasteiger partial charge in [-0.1, -0.05) is 22.0 Å². The molecular weight excluding hydrogens is 384 g/mol. The van der Waals surface area contributed by atoms with Crippen molar-refractivity contribution >= 4 is 48.9 Å². The molecule has 0 spiro atoms. The molecule has 0 aromatic heterocycles. The largest absolute Gasteiger partial charge is 0.489 e. The topological polar surface area (TPSA) is 47.3 Å². The number of nitrogen functional groups attached to an aromatic ring is 1. The van der Waals surface area contributed by atoms with Crippen molar-refractivity contribution in [1.82, 2.24) is 0 Å². The SMILES string of the molecule is CC(C)Oc1cccc(Nc2cc(Br)ccc2Br)c1N. The van der Waals surface area contributed by atoms with Crippen LogP contribution < -0.4 is 15.8 Å². The zero-order valence-electron chi connectivity index (χ0n) is 11.3. The molecule has 0 aliphatic carbocycles. The highest BCUT2D eigenvalue weighted by Crippen LogP contribution is 2.35. The molecule has 0 heterocycles. The van der Waals surface area contributed by atoms with E-state index in [2.05, 4.69) is 37.2 Å². The van der Waals surface area contributed by atoms with Crippen molar-refractivity contribution in [1.29, 1.82) is 0 Å². The second-order valence-corrected chi connectivity index (χ2v) is 6.40. The summed E-state index contributed by atoms with van der Waals surface area (Å²) in [6.07, 6.45) is 0.0881. The molecule has 0 atom stereocenters. The fourth-order valence-corrected chi connectivity index (χ4v) is 2.45. The number of nitrogens with two attached hydrogens (primary N) is 1. The van der Waals surface area contributed by atoms with Gasteiger partial charge in [0.1, 0.15) is 5.75 Å². The van der Waals surface area contributed by atoms with Crippen molar-refractivity contribution in [2.75, 3.05) is 11.1 Å². The smallest absolute Gasteiger partial charge is 0.144 e. The molecule has 2 aromatic rings. The van der Waals surface area contributed by atoms with Gasteiger partial charge in [-0.05, 0) is 60.1 Å². The predicted molar refractivity (Wildman–Crippen MR) is 91.7 cm³/mol. The van der Waals surface area contributed by atoms with Crippen LogP contribution in [-0.4, -0.2) is 6.10 Å². The van der Waals surface area contributed by atoms with Crippen molar-refractivity contribution in [2.24, 2.45) is 0 Å². The molecule has 0 radical (unpaired) electrons. The van der Waals surface area contributed by atoms with Crippen LogP contribution in [0.2, 0.25) is 0 Å². The summed E-state index contributed by atoms with van der Waals surface area (Å²) in [4.78, 5) is 0. The van der Waals surface area contributed by atoms with Gasteiger partial charge in [0.2, 0.25) is 0 Å². The van der Waals surface area contributed by atoms with Gasteiger partial charge >= 0.3 is 0 Å². The van der Waals surface area contributed by atoms with Crippen LogP contribution in [0.15, 0.2) is 45.3 Å². The summed E-state index contributed by atoms with van der Waals surface area (Å²) < 4.78 is 7.66. The third-order valence-electron chi connectivity index (χ3n) is 2.63. The molecule has 3 nitrogen and oxygen atoms in total. The summed E-state index contributed by atoms with van der Waals surface area (Å²) in [5.41, 5.74) is 8.52. The normalized spacial score (nSPS) is 10.7. The molecule has 0 unspecified atom stereocenters. The summed E-state index contributed by atoms with van der Waals surface area (Å²) in [5, 5.41) is 3.31. The van der Waals surface area contributed by atoms with E-state index in [1.807, 2.05) is 50.2 Å². The Bertz CT molecular complexity index is 615. The Balaban J connectivity index is 2.32. The van der Waals surface area contributed by atoms with Gasteiger partial charge in [-0.2, -0.15) is 0 Å². The highest BCUT2D eigenvalue weighted by atomic mass is 79.9. The molecule has 0 aliphatic rings. The van der Waals surface area contributed by atoms with Crippen LogP contribution in [0.1, 0.15) is 13.8 Å². The van der Waals surface area contributed by atoms with Crippen molar-refractivity contribution in [3.63, 3.8) is 0 Å². The van der Waals surface area contributed by atoms with Crippen molar-refractivity contribution in [3.8, 4) is 5.75 Å². The standard InChI is InChI=1S/C15H16Br2N2O/c1-9(2)20-14-5-3-4-12(15(14)18)19-13-8-10(16)6-7-11(13)17/h3-9,19H,18H2,1-2H3. The third-order valence-corrected chi connectivity index (χ3v) is 3.81. The minimum atomic E-state index is 0.0881. The monoisotopic (exact) mass is 398 g/mol. The van der Waals surface area contributed by atoms with E-state index in [1.165, 1.54) is 0 Å². The number of hydrogen-bond acceptors (Lipinski definition) is 3. The number of rotatable bonds is 4. The van der Waals surface area contributed by atoms with Crippen molar-refractivity contribution in [2.45, 2.75) is 20.0 Å². The van der Waals surface area contributed by atoms with E-state index in [1.54, 1.807) is 0 Å². The van der Waals surface area contributed by atoms with Gasteiger partial charge in [0.25, 0.3) is 0 Å². The van der Waals surface area contributed by atoms with Gasteiger partial charge in [0, 0.05) is 8.95 Å². The van der Waals surface area contributed by atoms with Gasteiger partial charge in [0.15, 0.2) is 0 Å². The van der Waals surface area contributed by atoms with Crippen LogP contribution in [0.3, 0.4) is 0 Å². The minimum absolute atomic E-state index is 0.0881. The molecule has 2 aromatic carbocycles. The number of hydrogen-bond donors (Lipinski definition) is 2. The average Bonchev–Trinajstić information content (AvgIpc) is 2.38. The van der Waals surface area contributed by atoms with E-state index in [4.69, 9.17) is 10.5 Å². The molecule has 20 heavy (non-hydrogen) atoms. The minimum Gasteiger partial charge on any atom is -0.489 e. The third kappa shape index (κ3) is 3.67. The average molecular weight is 400 g/mol.